The van der Waals surface area contributed by atoms with Crippen molar-refractivity contribution in [3.63, 3.8) is 0 Å². The summed E-state index contributed by atoms with van der Waals surface area (Å²) in [4.78, 5) is 28.7. The van der Waals surface area contributed by atoms with E-state index < -0.39 is 23.2 Å². The Balaban J connectivity index is 2.06. The first-order valence-corrected chi connectivity index (χ1v) is 7.45. The predicted molar refractivity (Wildman–Crippen MR) is 76.5 cm³/mol. The van der Waals surface area contributed by atoms with E-state index in [1.807, 2.05) is 34.6 Å². The topological polar surface area (TPSA) is 79.3 Å². The standard InChI is InChI=1S/C14H20N2O3S/c1-6-11(20-8(3)15-6)7(2)16-12(17)9-10(13(18)19)14(9,4)5/h7,9-10H,1-5H3,(H,16,17)(H,18,19). The largest absolute Gasteiger partial charge is 0.481 e. The second kappa shape index (κ2) is 4.84. The lowest BCUT2D eigenvalue weighted by atomic mass is 10.1. The van der Waals surface area contributed by atoms with Crippen LogP contribution in [0.4, 0.5) is 0 Å². The molecule has 2 N–H and O–H groups in total. The van der Waals surface area contributed by atoms with E-state index in [0.717, 1.165) is 15.6 Å². The smallest absolute Gasteiger partial charge is 0.307 e. The fourth-order valence-corrected chi connectivity index (χ4v) is 3.84. The second-order valence-electron chi connectivity index (χ2n) is 6.03. The second-order valence-corrected chi connectivity index (χ2v) is 7.26. The predicted octanol–water partition coefficient (Wildman–Crippen LogP) is 2.29. The Bertz CT molecular complexity index is 565. The normalized spacial score (nSPS) is 25.1. The highest BCUT2D eigenvalue weighted by Gasteiger charge is 2.65. The van der Waals surface area contributed by atoms with Gasteiger partial charge in [0.25, 0.3) is 0 Å². The molecule has 5 nitrogen and oxygen atoms in total. The van der Waals surface area contributed by atoms with E-state index in [9.17, 15) is 9.59 Å². The third kappa shape index (κ3) is 2.44. The molecule has 1 aromatic heterocycles. The van der Waals surface area contributed by atoms with Gasteiger partial charge in [-0.2, -0.15) is 0 Å². The van der Waals surface area contributed by atoms with Gasteiger partial charge in [-0.25, -0.2) is 4.98 Å². The fraction of sp³-hybridized carbons (Fsp3) is 0.643. The van der Waals surface area contributed by atoms with Crippen molar-refractivity contribution in [2.45, 2.75) is 40.7 Å². The SMILES string of the molecule is Cc1nc(C)c(C(C)NC(=O)C2C(C(=O)O)C2(C)C)s1. The maximum absolute atomic E-state index is 12.2. The number of nitrogens with zero attached hydrogens (tertiary/aromatic N) is 1. The Morgan fingerprint density at radius 1 is 1.35 bits per heavy atom. The van der Waals surface area contributed by atoms with E-state index in [0.29, 0.717) is 0 Å². The van der Waals surface area contributed by atoms with Crippen LogP contribution in [0, 0.1) is 31.1 Å². The number of hydrogen-bond acceptors (Lipinski definition) is 4. The summed E-state index contributed by atoms with van der Waals surface area (Å²) >= 11 is 1.56. The van der Waals surface area contributed by atoms with Gasteiger partial charge in [-0.15, -0.1) is 11.3 Å². The van der Waals surface area contributed by atoms with Crippen molar-refractivity contribution < 1.29 is 14.7 Å². The van der Waals surface area contributed by atoms with Gasteiger partial charge in [0.05, 0.1) is 28.6 Å². The van der Waals surface area contributed by atoms with Crippen LogP contribution in [0.25, 0.3) is 0 Å². The van der Waals surface area contributed by atoms with Crippen molar-refractivity contribution in [2.24, 2.45) is 17.3 Å². The third-order valence-electron chi connectivity index (χ3n) is 4.07. The Hall–Kier alpha value is -1.43. The minimum absolute atomic E-state index is 0.139. The van der Waals surface area contributed by atoms with Crippen LogP contribution in [0.5, 0.6) is 0 Å². The van der Waals surface area contributed by atoms with Gasteiger partial charge in [-0.1, -0.05) is 13.8 Å². The van der Waals surface area contributed by atoms with Crippen LogP contribution in [0.3, 0.4) is 0 Å². The van der Waals surface area contributed by atoms with Crippen LogP contribution in [0.1, 0.15) is 42.4 Å². The molecule has 3 atom stereocenters. The molecule has 1 aliphatic rings. The Labute approximate surface area is 122 Å². The zero-order valence-electron chi connectivity index (χ0n) is 12.4. The van der Waals surface area contributed by atoms with Crippen LogP contribution in [-0.2, 0) is 9.59 Å². The summed E-state index contributed by atoms with van der Waals surface area (Å²) in [5, 5.41) is 13.0. The number of rotatable bonds is 4. The monoisotopic (exact) mass is 296 g/mol. The number of nitrogens with one attached hydrogen (secondary N) is 1. The molecule has 1 amide bonds. The van der Waals surface area contributed by atoms with Gasteiger partial charge in [0, 0.05) is 4.88 Å². The number of carboxylic acid groups (broad SMARTS) is 1. The molecule has 0 aliphatic heterocycles. The van der Waals surface area contributed by atoms with E-state index in [2.05, 4.69) is 10.3 Å². The quantitative estimate of drug-likeness (QED) is 0.893. The van der Waals surface area contributed by atoms with Gasteiger partial charge in [-0.05, 0) is 26.2 Å². The third-order valence-corrected chi connectivity index (χ3v) is 5.32. The van der Waals surface area contributed by atoms with E-state index in [-0.39, 0.29) is 11.9 Å². The van der Waals surface area contributed by atoms with Crippen LogP contribution < -0.4 is 5.32 Å². The lowest BCUT2D eigenvalue weighted by Gasteiger charge is -2.13. The van der Waals surface area contributed by atoms with Crippen LogP contribution in [-0.4, -0.2) is 22.0 Å². The van der Waals surface area contributed by atoms with Gasteiger partial charge >= 0.3 is 5.97 Å². The van der Waals surface area contributed by atoms with Gasteiger partial charge in [0.15, 0.2) is 0 Å². The molecular formula is C14H20N2O3S. The minimum atomic E-state index is -0.896. The summed E-state index contributed by atoms with van der Waals surface area (Å²) in [7, 11) is 0. The molecule has 0 bridgehead atoms. The molecule has 2 rings (SSSR count). The molecule has 1 aliphatic carbocycles. The highest BCUT2D eigenvalue weighted by molar-refractivity contribution is 7.11. The molecule has 1 aromatic rings. The molecular weight excluding hydrogens is 276 g/mol. The van der Waals surface area contributed by atoms with Crippen LogP contribution >= 0.6 is 11.3 Å². The number of carbonyl (C=O) groups is 2. The molecule has 1 saturated carbocycles. The zero-order valence-corrected chi connectivity index (χ0v) is 13.2. The maximum Gasteiger partial charge on any atom is 0.307 e. The maximum atomic E-state index is 12.2. The lowest BCUT2D eigenvalue weighted by Crippen LogP contribution is -2.29. The summed E-state index contributed by atoms with van der Waals surface area (Å²) in [6.45, 7) is 9.40. The molecule has 110 valence electrons. The number of aliphatic carboxylic acids is 1. The van der Waals surface area contributed by atoms with E-state index in [1.54, 1.807) is 11.3 Å². The average molecular weight is 296 g/mol. The first-order chi connectivity index (χ1) is 9.16. The average Bonchev–Trinajstić information content (AvgIpc) is 2.72. The van der Waals surface area contributed by atoms with Crippen molar-refractivity contribution in [1.29, 1.82) is 0 Å². The zero-order chi connectivity index (χ0) is 15.2. The number of hydrogen-bond donors (Lipinski definition) is 2. The Morgan fingerprint density at radius 3 is 2.35 bits per heavy atom. The first-order valence-electron chi connectivity index (χ1n) is 6.63. The van der Waals surface area contributed by atoms with Gasteiger partial charge in [0.2, 0.25) is 5.91 Å². The summed E-state index contributed by atoms with van der Waals surface area (Å²) in [5.41, 5.74) is 0.457. The lowest BCUT2D eigenvalue weighted by molar-refractivity contribution is -0.140. The summed E-state index contributed by atoms with van der Waals surface area (Å²) in [6, 6.07) is -0.139. The van der Waals surface area contributed by atoms with E-state index in [1.165, 1.54) is 0 Å². The molecule has 0 spiro atoms. The molecule has 6 heteroatoms. The summed E-state index contributed by atoms with van der Waals surface area (Å²) < 4.78 is 0. The van der Waals surface area contributed by atoms with Gasteiger partial charge in [0.1, 0.15) is 0 Å². The highest BCUT2D eigenvalue weighted by atomic mass is 32.1. The van der Waals surface area contributed by atoms with Crippen molar-refractivity contribution >= 4 is 23.2 Å². The molecule has 0 aromatic carbocycles. The molecule has 1 fully saturated rings. The van der Waals surface area contributed by atoms with E-state index in [4.69, 9.17) is 5.11 Å². The minimum Gasteiger partial charge on any atom is -0.481 e. The van der Waals surface area contributed by atoms with Gasteiger partial charge in [-0.3, -0.25) is 9.59 Å². The Kier molecular flexibility index (Phi) is 3.62. The van der Waals surface area contributed by atoms with Crippen LogP contribution in [0.2, 0.25) is 0 Å². The highest BCUT2D eigenvalue weighted by Crippen LogP contribution is 2.58. The van der Waals surface area contributed by atoms with Crippen molar-refractivity contribution in [2.75, 3.05) is 0 Å². The molecule has 0 radical (unpaired) electrons. The number of carboxylic acids is 1. The molecule has 3 unspecified atom stereocenters. The number of thiazole rings is 1. The number of aryl methyl sites for hydroxylation is 2. The van der Waals surface area contributed by atoms with Crippen LogP contribution in [0.15, 0.2) is 0 Å². The van der Waals surface area contributed by atoms with Gasteiger partial charge < -0.3 is 10.4 Å². The fourth-order valence-electron chi connectivity index (χ4n) is 2.91. The summed E-state index contributed by atoms with van der Waals surface area (Å²) in [6.07, 6.45) is 0. The Morgan fingerprint density at radius 2 is 1.95 bits per heavy atom. The number of carbonyl (C=O) groups excluding carboxylic acids is 1. The molecule has 20 heavy (non-hydrogen) atoms. The molecule has 0 saturated heterocycles. The first kappa shape index (κ1) is 15.0. The van der Waals surface area contributed by atoms with E-state index >= 15 is 0 Å². The molecule has 1 heterocycles. The summed E-state index contributed by atoms with van der Waals surface area (Å²) in [5.74, 6) is -2.11. The van der Waals surface area contributed by atoms with Crippen molar-refractivity contribution in [3.05, 3.63) is 15.6 Å². The number of amides is 1. The van der Waals surface area contributed by atoms with Crippen molar-refractivity contribution in [3.8, 4) is 0 Å². The number of aromatic nitrogens is 1. The van der Waals surface area contributed by atoms with Crippen molar-refractivity contribution in [1.82, 2.24) is 10.3 Å².